The molecular weight excluding hydrogens is 343 g/mol. The quantitative estimate of drug-likeness (QED) is 0.806. The molecule has 3 rings (SSSR count). The fourth-order valence-electron chi connectivity index (χ4n) is 3.50. The van der Waals surface area contributed by atoms with Gasteiger partial charge < -0.3 is 10.8 Å². The summed E-state index contributed by atoms with van der Waals surface area (Å²) in [6.07, 6.45) is 0.997. The van der Waals surface area contributed by atoms with E-state index in [2.05, 4.69) is 0 Å². The zero-order valence-corrected chi connectivity index (χ0v) is 14.6. The van der Waals surface area contributed by atoms with Gasteiger partial charge >= 0.3 is 5.97 Å². The molecule has 1 fully saturated rings. The van der Waals surface area contributed by atoms with Gasteiger partial charge in [0.1, 0.15) is 17.5 Å². The molecule has 2 aromatic carbocycles. The predicted molar refractivity (Wildman–Crippen MR) is 92.4 cm³/mol. The third-order valence-electron chi connectivity index (χ3n) is 4.81. The van der Waals surface area contributed by atoms with Gasteiger partial charge in [0.25, 0.3) is 0 Å². The van der Waals surface area contributed by atoms with Crippen LogP contribution in [-0.4, -0.2) is 11.1 Å². The molecule has 3 nitrogen and oxygen atoms in total. The Kier molecular flexibility index (Phi) is 4.80. The second-order valence-corrected chi connectivity index (χ2v) is 6.95. The van der Waals surface area contributed by atoms with Crippen LogP contribution in [0, 0.1) is 31.3 Å². The smallest absolute Gasteiger partial charge is 0.305 e. The van der Waals surface area contributed by atoms with E-state index in [0.717, 1.165) is 12.8 Å². The van der Waals surface area contributed by atoms with E-state index in [-0.39, 0.29) is 11.5 Å². The molecule has 3 N–H and O–H groups in total. The molecule has 1 saturated carbocycles. The fraction of sp³-hybridized carbons (Fsp3) is 0.350. The zero-order chi connectivity index (χ0) is 19.2. The van der Waals surface area contributed by atoms with E-state index in [0.29, 0.717) is 22.3 Å². The standard InChI is InChI=1S/C20H20F3NO2/c1-9-5-12(21)6-10(2)17(9)14-7-13(11-3-4-11)19(22)18(20(14)23)15(24)8-16(25)26/h5-7,11,15H,3-4,8,24H2,1-2H3,(H,25,26). The van der Waals surface area contributed by atoms with Crippen molar-refractivity contribution in [1.29, 1.82) is 0 Å². The Balaban J connectivity index is 2.26. The Labute approximate surface area is 149 Å². The average molecular weight is 363 g/mol. The Bertz CT molecular complexity index is 868. The van der Waals surface area contributed by atoms with E-state index in [1.54, 1.807) is 13.8 Å². The van der Waals surface area contributed by atoms with Gasteiger partial charge in [0.15, 0.2) is 0 Å². The first-order valence-electron chi connectivity index (χ1n) is 8.47. The third-order valence-corrected chi connectivity index (χ3v) is 4.81. The number of rotatable bonds is 5. The topological polar surface area (TPSA) is 63.3 Å². The molecule has 2 aromatic rings. The lowest BCUT2D eigenvalue weighted by Gasteiger charge is -2.20. The average Bonchev–Trinajstić information content (AvgIpc) is 3.32. The summed E-state index contributed by atoms with van der Waals surface area (Å²) in [5.41, 5.74) is 7.41. The normalized spacial score (nSPS) is 15.2. The highest BCUT2D eigenvalue weighted by molar-refractivity contribution is 5.74. The molecule has 1 aliphatic carbocycles. The van der Waals surface area contributed by atoms with Crippen LogP contribution in [0.2, 0.25) is 0 Å². The van der Waals surface area contributed by atoms with Crippen molar-refractivity contribution in [3.63, 3.8) is 0 Å². The van der Waals surface area contributed by atoms with Crippen LogP contribution < -0.4 is 5.73 Å². The van der Waals surface area contributed by atoms with E-state index >= 15 is 4.39 Å². The second-order valence-electron chi connectivity index (χ2n) is 6.95. The number of halogens is 3. The summed E-state index contributed by atoms with van der Waals surface area (Å²) in [6.45, 7) is 3.31. The Morgan fingerprint density at radius 1 is 1.15 bits per heavy atom. The van der Waals surface area contributed by atoms with Crippen LogP contribution in [0.15, 0.2) is 18.2 Å². The molecule has 0 saturated heterocycles. The Morgan fingerprint density at radius 2 is 1.73 bits per heavy atom. The summed E-state index contributed by atoms with van der Waals surface area (Å²) in [4.78, 5) is 11.0. The van der Waals surface area contributed by atoms with Gasteiger partial charge in [0.05, 0.1) is 6.42 Å². The molecule has 0 amide bonds. The summed E-state index contributed by atoms with van der Waals surface area (Å²) >= 11 is 0. The summed E-state index contributed by atoms with van der Waals surface area (Å²) in [5.74, 6) is -3.33. The number of aliphatic carboxylic acids is 1. The molecule has 138 valence electrons. The molecule has 26 heavy (non-hydrogen) atoms. The van der Waals surface area contributed by atoms with E-state index in [9.17, 15) is 13.6 Å². The third kappa shape index (κ3) is 3.33. The van der Waals surface area contributed by atoms with Crippen LogP contribution in [0.5, 0.6) is 0 Å². The number of carboxylic acids is 1. The number of nitrogens with two attached hydrogens (primary N) is 1. The minimum Gasteiger partial charge on any atom is -0.481 e. The predicted octanol–water partition coefficient (Wildman–Crippen LogP) is 4.74. The summed E-state index contributed by atoms with van der Waals surface area (Å²) in [5, 5.41) is 8.96. The summed E-state index contributed by atoms with van der Waals surface area (Å²) in [7, 11) is 0. The van der Waals surface area contributed by atoms with Gasteiger partial charge in [-0.05, 0) is 73.1 Å². The Hall–Kier alpha value is -2.34. The maximum absolute atomic E-state index is 15.2. The Morgan fingerprint density at radius 3 is 2.23 bits per heavy atom. The minimum atomic E-state index is -1.30. The summed E-state index contributed by atoms with van der Waals surface area (Å²) in [6, 6.07) is 2.75. The van der Waals surface area contributed by atoms with Crippen molar-refractivity contribution >= 4 is 5.97 Å². The maximum Gasteiger partial charge on any atom is 0.305 e. The lowest BCUT2D eigenvalue weighted by atomic mass is 9.88. The van der Waals surface area contributed by atoms with Gasteiger partial charge in [0, 0.05) is 17.2 Å². The molecule has 1 atom stereocenters. The van der Waals surface area contributed by atoms with E-state index in [1.165, 1.54) is 18.2 Å². The van der Waals surface area contributed by atoms with Gasteiger partial charge in [-0.2, -0.15) is 0 Å². The number of benzene rings is 2. The van der Waals surface area contributed by atoms with Crippen LogP contribution in [0.1, 0.15) is 53.5 Å². The van der Waals surface area contributed by atoms with E-state index < -0.39 is 41.4 Å². The SMILES string of the molecule is Cc1cc(F)cc(C)c1-c1cc(C2CC2)c(F)c(C(N)CC(=O)O)c1F. The van der Waals surface area contributed by atoms with Gasteiger partial charge in [-0.25, -0.2) is 13.2 Å². The van der Waals surface area contributed by atoms with Gasteiger partial charge in [-0.15, -0.1) is 0 Å². The monoisotopic (exact) mass is 363 g/mol. The van der Waals surface area contributed by atoms with Gasteiger partial charge in [-0.1, -0.05) is 0 Å². The molecule has 0 aromatic heterocycles. The van der Waals surface area contributed by atoms with Crippen molar-refractivity contribution in [1.82, 2.24) is 0 Å². The first kappa shape index (κ1) is 18.5. The molecule has 0 radical (unpaired) electrons. The maximum atomic E-state index is 15.2. The van der Waals surface area contributed by atoms with Crippen LogP contribution in [0.25, 0.3) is 11.1 Å². The highest BCUT2D eigenvalue weighted by Gasteiger charge is 2.33. The molecule has 0 spiro atoms. The van der Waals surface area contributed by atoms with Crippen LogP contribution in [0.3, 0.4) is 0 Å². The van der Waals surface area contributed by atoms with Crippen molar-refractivity contribution in [2.75, 3.05) is 0 Å². The van der Waals surface area contributed by atoms with Gasteiger partial charge in [0.2, 0.25) is 0 Å². The van der Waals surface area contributed by atoms with Crippen LogP contribution in [-0.2, 0) is 4.79 Å². The van der Waals surface area contributed by atoms with Gasteiger partial charge in [-0.3, -0.25) is 4.79 Å². The number of hydrogen-bond donors (Lipinski definition) is 2. The molecule has 1 aliphatic rings. The zero-order valence-electron chi connectivity index (χ0n) is 14.6. The van der Waals surface area contributed by atoms with Crippen molar-refractivity contribution in [3.05, 3.63) is 57.9 Å². The number of carboxylic acid groups (broad SMARTS) is 1. The summed E-state index contributed by atoms with van der Waals surface area (Å²) < 4.78 is 43.8. The number of aryl methyl sites for hydroxylation is 2. The lowest BCUT2D eigenvalue weighted by Crippen LogP contribution is -2.19. The van der Waals surface area contributed by atoms with Crippen molar-refractivity contribution in [2.24, 2.45) is 5.73 Å². The molecule has 0 heterocycles. The van der Waals surface area contributed by atoms with Crippen molar-refractivity contribution in [3.8, 4) is 11.1 Å². The number of carbonyl (C=O) groups is 1. The van der Waals surface area contributed by atoms with Crippen LogP contribution in [0.4, 0.5) is 13.2 Å². The van der Waals surface area contributed by atoms with E-state index in [4.69, 9.17) is 10.8 Å². The first-order valence-corrected chi connectivity index (χ1v) is 8.47. The minimum absolute atomic E-state index is 0.0220. The molecule has 6 heteroatoms. The molecule has 0 bridgehead atoms. The first-order chi connectivity index (χ1) is 12.2. The lowest BCUT2D eigenvalue weighted by molar-refractivity contribution is -0.137. The fourth-order valence-corrected chi connectivity index (χ4v) is 3.50. The second kappa shape index (κ2) is 6.76. The largest absolute Gasteiger partial charge is 0.481 e. The highest BCUT2D eigenvalue weighted by atomic mass is 19.1. The highest BCUT2D eigenvalue weighted by Crippen LogP contribution is 2.46. The number of hydrogen-bond acceptors (Lipinski definition) is 2. The molecule has 1 unspecified atom stereocenters. The van der Waals surface area contributed by atoms with E-state index in [1.807, 2.05) is 0 Å². The molecule has 0 aliphatic heterocycles. The van der Waals surface area contributed by atoms with Crippen LogP contribution >= 0.6 is 0 Å². The van der Waals surface area contributed by atoms with Crippen molar-refractivity contribution < 1.29 is 23.1 Å². The van der Waals surface area contributed by atoms with Crippen molar-refractivity contribution in [2.45, 2.75) is 45.1 Å². The molecular formula is C20H20F3NO2.